The average molecular weight is 276 g/mol. The molecule has 0 amide bonds. The zero-order chi connectivity index (χ0) is 13.8. The molecule has 108 valence electrons. The molecule has 0 saturated carbocycles. The predicted molar refractivity (Wildman–Crippen MR) is 76.6 cm³/mol. The molecule has 1 unspecified atom stereocenters. The molecule has 1 heterocycles. The number of sulfone groups is 1. The van der Waals surface area contributed by atoms with Gasteiger partial charge in [-0.1, -0.05) is 20.8 Å². The molecule has 1 aliphatic rings. The molecule has 4 nitrogen and oxygen atoms in total. The van der Waals surface area contributed by atoms with Gasteiger partial charge < -0.3 is 10.2 Å². The summed E-state index contributed by atoms with van der Waals surface area (Å²) in [5.74, 6) is 0.693. The van der Waals surface area contributed by atoms with E-state index in [1.54, 1.807) is 0 Å². The molecule has 18 heavy (non-hydrogen) atoms. The molecule has 0 aromatic heterocycles. The van der Waals surface area contributed by atoms with Gasteiger partial charge in [0, 0.05) is 19.1 Å². The molecule has 0 spiro atoms. The third-order valence-electron chi connectivity index (χ3n) is 3.54. The van der Waals surface area contributed by atoms with Crippen LogP contribution in [0.2, 0.25) is 0 Å². The first-order valence-corrected chi connectivity index (χ1v) is 8.69. The van der Waals surface area contributed by atoms with Crippen molar-refractivity contribution < 1.29 is 8.42 Å². The quantitative estimate of drug-likeness (QED) is 0.708. The number of rotatable bonds is 7. The van der Waals surface area contributed by atoms with E-state index in [9.17, 15) is 8.42 Å². The van der Waals surface area contributed by atoms with Gasteiger partial charge in [-0.15, -0.1) is 0 Å². The Bertz CT molecular complexity index is 352. The lowest BCUT2D eigenvalue weighted by Crippen LogP contribution is -2.43. The van der Waals surface area contributed by atoms with Gasteiger partial charge in [0.1, 0.15) is 0 Å². The Hall–Kier alpha value is -0.130. The van der Waals surface area contributed by atoms with Gasteiger partial charge in [-0.05, 0) is 31.8 Å². The Morgan fingerprint density at radius 3 is 2.56 bits per heavy atom. The van der Waals surface area contributed by atoms with E-state index in [4.69, 9.17) is 0 Å². The van der Waals surface area contributed by atoms with Crippen LogP contribution in [0.5, 0.6) is 0 Å². The van der Waals surface area contributed by atoms with Crippen molar-refractivity contribution in [2.45, 2.75) is 39.7 Å². The van der Waals surface area contributed by atoms with Crippen molar-refractivity contribution in [3.63, 3.8) is 0 Å². The highest BCUT2D eigenvalue weighted by atomic mass is 32.2. The van der Waals surface area contributed by atoms with Crippen molar-refractivity contribution >= 4 is 9.84 Å². The number of nitrogens with one attached hydrogen (secondary N) is 1. The second kappa shape index (κ2) is 6.35. The molecule has 1 fully saturated rings. The smallest absolute Gasteiger partial charge is 0.151 e. The maximum Gasteiger partial charge on any atom is 0.151 e. The average Bonchev–Trinajstić information content (AvgIpc) is 2.58. The van der Waals surface area contributed by atoms with Crippen LogP contribution < -0.4 is 5.32 Å². The summed E-state index contributed by atoms with van der Waals surface area (Å²) in [6.07, 6.45) is 1.93. The second-order valence-corrected chi connectivity index (χ2v) is 8.54. The van der Waals surface area contributed by atoms with Crippen molar-refractivity contribution in [1.82, 2.24) is 10.2 Å². The van der Waals surface area contributed by atoms with E-state index in [0.29, 0.717) is 11.5 Å². The highest BCUT2D eigenvalue weighted by Crippen LogP contribution is 2.21. The maximum atomic E-state index is 11.5. The van der Waals surface area contributed by atoms with Gasteiger partial charge in [0.25, 0.3) is 0 Å². The first-order valence-electron chi connectivity index (χ1n) is 6.87. The van der Waals surface area contributed by atoms with Crippen molar-refractivity contribution in [3.05, 3.63) is 0 Å². The third kappa shape index (κ3) is 5.24. The molecule has 0 bridgehead atoms. The molecule has 0 aromatic carbocycles. The minimum Gasteiger partial charge on any atom is -0.316 e. The van der Waals surface area contributed by atoms with Gasteiger partial charge in [0.2, 0.25) is 0 Å². The maximum absolute atomic E-state index is 11.5. The van der Waals surface area contributed by atoms with Crippen LogP contribution in [0.3, 0.4) is 0 Å². The van der Waals surface area contributed by atoms with E-state index >= 15 is 0 Å². The van der Waals surface area contributed by atoms with Crippen LogP contribution in [0.1, 0.15) is 33.6 Å². The van der Waals surface area contributed by atoms with Crippen LogP contribution >= 0.6 is 0 Å². The predicted octanol–water partition coefficient (Wildman–Crippen LogP) is 1.13. The molecule has 1 saturated heterocycles. The molecular weight excluding hydrogens is 248 g/mol. The van der Waals surface area contributed by atoms with Gasteiger partial charge in [0.05, 0.1) is 11.5 Å². The first kappa shape index (κ1) is 15.9. The zero-order valence-corrected chi connectivity index (χ0v) is 13.0. The molecule has 0 aromatic rings. The fraction of sp³-hybridized carbons (Fsp3) is 1.00. The Balaban J connectivity index is 2.41. The number of hydrogen-bond donors (Lipinski definition) is 1. The highest BCUT2D eigenvalue weighted by Gasteiger charge is 2.32. The summed E-state index contributed by atoms with van der Waals surface area (Å²) >= 11 is 0. The van der Waals surface area contributed by atoms with Gasteiger partial charge in [-0.3, -0.25) is 0 Å². The molecule has 1 N–H and O–H groups in total. The lowest BCUT2D eigenvalue weighted by molar-refractivity contribution is 0.168. The summed E-state index contributed by atoms with van der Waals surface area (Å²) in [6.45, 7) is 9.58. The summed E-state index contributed by atoms with van der Waals surface area (Å²) in [7, 11) is -0.726. The summed E-state index contributed by atoms with van der Waals surface area (Å²) in [4.78, 5) is 2.22. The van der Waals surface area contributed by atoms with E-state index in [-0.39, 0.29) is 11.5 Å². The fourth-order valence-electron chi connectivity index (χ4n) is 2.59. The highest BCUT2D eigenvalue weighted by molar-refractivity contribution is 7.91. The Morgan fingerprint density at radius 2 is 2.06 bits per heavy atom. The molecular formula is C13H28N2O2S. The van der Waals surface area contributed by atoms with Gasteiger partial charge in [-0.2, -0.15) is 0 Å². The van der Waals surface area contributed by atoms with Crippen LogP contribution in [0.25, 0.3) is 0 Å². The lowest BCUT2D eigenvalue weighted by atomic mass is 9.92. The van der Waals surface area contributed by atoms with Crippen molar-refractivity contribution in [2.75, 3.05) is 38.2 Å². The minimum atomic E-state index is -2.77. The number of nitrogens with zero attached hydrogens (tertiary/aromatic N) is 1. The largest absolute Gasteiger partial charge is 0.316 e. The molecule has 5 heteroatoms. The topological polar surface area (TPSA) is 49.4 Å². The van der Waals surface area contributed by atoms with Crippen LogP contribution in [0.15, 0.2) is 0 Å². The summed E-state index contributed by atoms with van der Waals surface area (Å²) < 4.78 is 23.0. The van der Waals surface area contributed by atoms with Gasteiger partial charge in [-0.25, -0.2) is 8.42 Å². The molecule has 1 aliphatic heterocycles. The molecule has 0 radical (unpaired) electrons. The van der Waals surface area contributed by atoms with E-state index in [1.165, 1.54) is 0 Å². The summed E-state index contributed by atoms with van der Waals surface area (Å²) in [5.41, 5.74) is 0.177. The van der Waals surface area contributed by atoms with Crippen molar-refractivity contribution in [3.8, 4) is 0 Å². The van der Waals surface area contributed by atoms with Gasteiger partial charge in [0.15, 0.2) is 9.84 Å². The van der Waals surface area contributed by atoms with E-state index < -0.39 is 9.84 Å². The fourth-order valence-corrected chi connectivity index (χ4v) is 4.39. The summed E-state index contributed by atoms with van der Waals surface area (Å²) in [5, 5.41) is 3.44. The van der Waals surface area contributed by atoms with Crippen molar-refractivity contribution in [1.29, 1.82) is 0 Å². The normalized spacial score (nSPS) is 23.7. The van der Waals surface area contributed by atoms with E-state index in [0.717, 1.165) is 32.5 Å². The van der Waals surface area contributed by atoms with Gasteiger partial charge >= 0.3 is 0 Å². The minimum absolute atomic E-state index is 0.177. The summed E-state index contributed by atoms with van der Waals surface area (Å²) in [6, 6.07) is 0.209. The van der Waals surface area contributed by atoms with E-state index in [1.807, 2.05) is 7.05 Å². The van der Waals surface area contributed by atoms with Crippen molar-refractivity contribution in [2.24, 2.45) is 5.41 Å². The standard InChI is InChI=1S/C13H28N2O2S/c1-5-7-14-10-13(2,3)11-15(4)12-6-8-18(16,17)9-12/h12,14H,5-11H2,1-4H3. The first-order chi connectivity index (χ1) is 8.26. The lowest BCUT2D eigenvalue weighted by Gasteiger charge is -2.33. The molecule has 0 aliphatic carbocycles. The monoisotopic (exact) mass is 276 g/mol. The van der Waals surface area contributed by atoms with E-state index in [2.05, 4.69) is 31.0 Å². The zero-order valence-electron chi connectivity index (χ0n) is 12.2. The molecule has 1 atom stereocenters. The van der Waals surface area contributed by atoms with Crippen LogP contribution in [0, 0.1) is 5.41 Å². The number of hydrogen-bond acceptors (Lipinski definition) is 4. The Morgan fingerprint density at radius 1 is 1.39 bits per heavy atom. The van der Waals surface area contributed by atoms with Crippen LogP contribution in [-0.4, -0.2) is 57.5 Å². The molecule has 1 rings (SSSR count). The van der Waals surface area contributed by atoms with Crippen LogP contribution in [-0.2, 0) is 9.84 Å². The third-order valence-corrected chi connectivity index (χ3v) is 5.29. The second-order valence-electron chi connectivity index (χ2n) is 6.31. The Kier molecular flexibility index (Phi) is 5.62. The SMILES string of the molecule is CCCNCC(C)(C)CN(C)C1CCS(=O)(=O)C1. The Labute approximate surface area is 112 Å². The van der Waals surface area contributed by atoms with Crippen LogP contribution in [0.4, 0.5) is 0 Å².